The minimum Gasteiger partial charge on any atom is -0.394 e. The Bertz CT molecular complexity index is 1250. The summed E-state index contributed by atoms with van der Waals surface area (Å²) in [6, 6.07) is 13.8. The van der Waals surface area contributed by atoms with Crippen LogP contribution in [0.1, 0.15) is 37.0 Å². The Labute approximate surface area is 239 Å². The number of hydroxylamine groups is 2. The van der Waals surface area contributed by atoms with Crippen LogP contribution in [-0.2, 0) is 19.2 Å². The molecular weight excluding hydrogens is 528 g/mol. The number of ketones is 1. The number of morpholine rings is 1. The Morgan fingerprint density at radius 2 is 1.71 bits per heavy atom. The van der Waals surface area contributed by atoms with Crippen molar-refractivity contribution in [1.82, 2.24) is 15.3 Å². The van der Waals surface area contributed by atoms with Gasteiger partial charge in [-0.15, -0.1) is 5.06 Å². The van der Waals surface area contributed by atoms with E-state index >= 15 is 0 Å². The molecule has 2 aromatic rings. The van der Waals surface area contributed by atoms with Crippen LogP contribution in [0.25, 0.3) is 0 Å². The summed E-state index contributed by atoms with van der Waals surface area (Å²) in [4.78, 5) is 61.4. The number of likely N-dealkylation sites (tertiary alicyclic amines) is 1. The molecule has 0 radical (unpaired) electrons. The van der Waals surface area contributed by atoms with Crippen molar-refractivity contribution in [2.45, 2.75) is 44.8 Å². The number of carbonyl (C=O) groups excluding carboxylic acids is 4. The molecule has 3 saturated heterocycles. The molecule has 0 bridgehead atoms. The summed E-state index contributed by atoms with van der Waals surface area (Å²) in [6.45, 7) is 7.06. The molecule has 0 saturated carbocycles. The smallest absolute Gasteiger partial charge is 0.394 e. The third-order valence-electron chi connectivity index (χ3n) is 7.61. The maximum atomic E-state index is 13.8. The van der Waals surface area contributed by atoms with Crippen LogP contribution in [0.2, 0.25) is 0 Å². The van der Waals surface area contributed by atoms with Crippen molar-refractivity contribution in [1.29, 1.82) is 0 Å². The zero-order valence-electron chi connectivity index (χ0n) is 23.4. The minimum absolute atomic E-state index is 0.123. The van der Waals surface area contributed by atoms with Gasteiger partial charge in [0.15, 0.2) is 5.78 Å². The van der Waals surface area contributed by atoms with Gasteiger partial charge in [-0.2, -0.15) is 0 Å². The van der Waals surface area contributed by atoms with Crippen molar-refractivity contribution in [3.8, 4) is 5.75 Å². The number of hydrogen-bond acceptors (Lipinski definition) is 9. The first-order valence-corrected chi connectivity index (χ1v) is 14.1. The number of nitrogens with one attached hydrogen (secondary N) is 1. The Kier molecular flexibility index (Phi) is 8.84. The average molecular weight is 565 g/mol. The third kappa shape index (κ3) is 6.68. The molecule has 1 N–H and O–H groups in total. The maximum absolute atomic E-state index is 13.8. The molecule has 2 amide bonds. The van der Waals surface area contributed by atoms with Crippen LogP contribution in [0.15, 0.2) is 54.6 Å². The molecule has 2 aromatic carbocycles. The number of benzene rings is 2. The second-order valence-electron chi connectivity index (χ2n) is 10.9. The molecule has 0 spiro atoms. The average Bonchev–Trinajstić information content (AvgIpc) is 3.54. The second kappa shape index (κ2) is 12.7. The van der Waals surface area contributed by atoms with Crippen LogP contribution in [0.4, 0.5) is 10.5 Å². The van der Waals surface area contributed by atoms with Crippen molar-refractivity contribution >= 4 is 29.4 Å². The molecule has 3 atom stereocenters. The monoisotopic (exact) mass is 564 g/mol. The number of ether oxygens (including phenoxy) is 2. The summed E-state index contributed by atoms with van der Waals surface area (Å²) in [7, 11) is 0. The summed E-state index contributed by atoms with van der Waals surface area (Å²) < 4.78 is 10.6. The molecule has 41 heavy (non-hydrogen) atoms. The van der Waals surface area contributed by atoms with Gasteiger partial charge in [0.2, 0.25) is 5.91 Å². The molecule has 3 aliphatic rings. The highest BCUT2D eigenvalue weighted by atomic mass is 16.8. The number of fused-ring (bicyclic) bond motifs is 1. The van der Waals surface area contributed by atoms with Crippen LogP contribution in [0.3, 0.4) is 0 Å². The number of rotatable bonds is 8. The molecule has 218 valence electrons. The highest BCUT2D eigenvalue weighted by Crippen LogP contribution is 2.31. The number of amides is 2. The van der Waals surface area contributed by atoms with Gasteiger partial charge in [-0.3, -0.25) is 14.4 Å². The van der Waals surface area contributed by atoms with E-state index in [-0.39, 0.29) is 30.1 Å². The van der Waals surface area contributed by atoms with E-state index in [1.165, 1.54) is 9.96 Å². The van der Waals surface area contributed by atoms with Crippen LogP contribution < -0.4 is 15.0 Å². The lowest BCUT2D eigenvalue weighted by Crippen LogP contribution is -2.52. The van der Waals surface area contributed by atoms with E-state index in [0.29, 0.717) is 43.9 Å². The number of hydrogen-bond donors (Lipinski definition) is 1. The van der Waals surface area contributed by atoms with Crippen molar-refractivity contribution in [3.63, 3.8) is 0 Å². The summed E-state index contributed by atoms with van der Waals surface area (Å²) in [5.41, 5.74) is 1.47. The van der Waals surface area contributed by atoms with Gasteiger partial charge in [0.05, 0.1) is 25.8 Å². The van der Waals surface area contributed by atoms with E-state index in [1.807, 2.05) is 26.0 Å². The lowest BCUT2D eigenvalue weighted by atomic mass is 10.0. The number of anilines is 1. The lowest BCUT2D eigenvalue weighted by molar-refractivity contribution is -0.138. The van der Waals surface area contributed by atoms with E-state index in [9.17, 15) is 19.2 Å². The fourth-order valence-corrected chi connectivity index (χ4v) is 5.66. The zero-order valence-corrected chi connectivity index (χ0v) is 23.4. The molecule has 0 aliphatic carbocycles. The first-order valence-electron chi connectivity index (χ1n) is 14.1. The number of nitrogens with zero attached hydrogens (tertiary/aromatic N) is 3. The standard InChI is InChI=1S/C30H36N4O7/c1-20(2)18-24(31-28(36)21-8-10-22(11-9-21)32-14-16-39-17-15-32)29(37)33-13-12-25-27(33)26(35)19-34(25)41-30(38)40-23-6-4-3-5-7-23/h3-11,20,24-25,27H,12-19H2,1-2H3,(H,31,36). The topological polar surface area (TPSA) is 118 Å². The van der Waals surface area contributed by atoms with Gasteiger partial charge in [-0.25, -0.2) is 4.79 Å². The van der Waals surface area contributed by atoms with E-state index < -0.39 is 24.3 Å². The molecule has 11 nitrogen and oxygen atoms in total. The third-order valence-corrected chi connectivity index (χ3v) is 7.61. The quantitative estimate of drug-likeness (QED) is 0.381. The maximum Gasteiger partial charge on any atom is 0.533 e. The highest BCUT2D eigenvalue weighted by molar-refractivity contribution is 5.99. The Hall–Kier alpha value is -3.96. The van der Waals surface area contributed by atoms with Gasteiger partial charge >= 0.3 is 6.16 Å². The number of para-hydroxylation sites is 1. The van der Waals surface area contributed by atoms with Crippen molar-refractivity contribution < 1.29 is 33.5 Å². The molecule has 5 rings (SSSR count). The van der Waals surface area contributed by atoms with Crippen LogP contribution in [0, 0.1) is 5.92 Å². The molecular formula is C30H36N4O7. The minimum atomic E-state index is -0.945. The second-order valence-corrected chi connectivity index (χ2v) is 10.9. The molecule has 3 aliphatic heterocycles. The fourth-order valence-electron chi connectivity index (χ4n) is 5.66. The molecule has 3 fully saturated rings. The number of carbonyl (C=O) groups is 4. The SMILES string of the molecule is CC(C)CC(NC(=O)c1ccc(N2CCOCC2)cc1)C(=O)N1CCC2C1C(=O)CN2OC(=O)Oc1ccccc1. The predicted molar refractivity (Wildman–Crippen MR) is 149 cm³/mol. The van der Waals surface area contributed by atoms with Gasteiger partial charge < -0.3 is 29.4 Å². The number of Topliss-reactive ketones (excluding diaryl/α,β-unsaturated/α-hetero) is 1. The Morgan fingerprint density at radius 3 is 2.39 bits per heavy atom. The predicted octanol–water partition coefficient (Wildman–Crippen LogP) is 2.65. The molecule has 11 heteroatoms. The fraction of sp³-hybridized carbons (Fsp3) is 0.467. The normalized spacial score (nSPS) is 21.5. The van der Waals surface area contributed by atoms with Crippen LogP contribution in [-0.4, -0.2) is 91.2 Å². The van der Waals surface area contributed by atoms with Gasteiger partial charge in [-0.05, 0) is 55.2 Å². The summed E-state index contributed by atoms with van der Waals surface area (Å²) >= 11 is 0. The van der Waals surface area contributed by atoms with E-state index in [0.717, 1.165) is 18.8 Å². The van der Waals surface area contributed by atoms with Crippen LogP contribution in [0.5, 0.6) is 5.75 Å². The van der Waals surface area contributed by atoms with Crippen molar-refractivity contribution in [2.75, 3.05) is 44.3 Å². The Balaban J connectivity index is 1.22. The molecule has 3 unspecified atom stereocenters. The lowest BCUT2D eigenvalue weighted by Gasteiger charge is -2.29. The Morgan fingerprint density at radius 1 is 1.00 bits per heavy atom. The van der Waals surface area contributed by atoms with E-state index in [4.69, 9.17) is 14.3 Å². The van der Waals surface area contributed by atoms with Gasteiger partial charge in [0.25, 0.3) is 5.91 Å². The first-order chi connectivity index (χ1) is 19.8. The van der Waals surface area contributed by atoms with Gasteiger partial charge in [0, 0.05) is 30.9 Å². The molecule has 0 aromatic heterocycles. The summed E-state index contributed by atoms with van der Waals surface area (Å²) in [5.74, 6) is -0.433. The summed E-state index contributed by atoms with van der Waals surface area (Å²) in [6.07, 6.45) is -0.0761. The van der Waals surface area contributed by atoms with E-state index in [2.05, 4.69) is 10.2 Å². The van der Waals surface area contributed by atoms with Gasteiger partial charge in [0.1, 0.15) is 17.8 Å². The zero-order chi connectivity index (χ0) is 28.9. The summed E-state index contributed by atoms with van der Waals surface area (Å²) in [5, 5.41) is 4.21. The first kappa shape index (κ1) is 28.6. The van der Waals surface area contributed by atoms with Crippen molar-refractivity contribution in [3.05, 3.63) is 60.2 Å². The molecule has 3 heterocycles. The van der Waals surface area contributed by atoms with Crippen molar-refractivity contribution in [2.24, 2.45) is 5.92 Å². The highest BCUT2D eigenvalue weighted by Gasteiger charge is 2.52. The largest absolute Gasteiger partial charge is 0.533 e. The van der Waals surface area contributed by atoms with E-state index in [1.54, 1.807) is 42.5 Å². The van der Waals surface area contributed by atoms with Crippen LogP contribution >= 0.6 is 0 Å². The van der Waals surface area contributed by atoms with Gasteiger partial charge in [-0.1, -0.05) is 32.0 Å².